The second-order valence-corrected chi connectivity index (χ2v) is 8.74. The Labute approximate surface area is 188 Å². The molecule has 0 aliphatic heterocycles. The third kappa shape index (κ3) is 7.39. The molecule has 1 aliphatic carbocycles. The predicted molar refractivity (Wildman–Crippen MR) is 121 cm³/mol. The summed E-state index contributed by atoms with van der Waals surface area (Å²) in [5.74, 6) is 0.828. The highest BCUT2D eigenvalue weighted by atomic mass is 19.4. The van der Waals surface area contributed by atoms with Crippen LogP contribution < -0.4 is 4.74 Å². The largest absolute Gasteiger partial charge is 0.486 e. The predicted octanol–water partition coefficient (Wildman–Crippen LogP) is 8.84. The topological polar surface area (TPSA) is 9.23 Å². The molecule has 0 heterocycles. The van der Waals surface area contributed by atoms with Crippen molar-refractivity contribution >= 4 is 0 Å². The smallest absolute Gasteiger partial charge is 0.409 e. The number of unbranched alkanes of at least 4 members (excludes halogenated alkanes) is 2. The summed E-state index contributed by atoms with van der Waals surface area (Å²) in [6.45, 7) is 1.91. The fourth-order valence-electron chi connectivity index (χ4n) is 4.53. The Morgan fingerprint density at radius 3 is 2.25 bits per heavy atom. The first-order valence-electron chi connectivity index (χ1n) is 11.6. The van der Waals surface area contributed by atoms with Crippen molar-refractivity contribution in [2.24, 2.45) is 5.92 Å². The Morgan fingerprint density at radius 2 is 1.62 bits per heavy atom. The van der Waals surface area contributed by atoms with Crippen LogP contribution in [0.1, 0.15) is 69.8 Å². The normalized spacial score (nSPS) is 19.4. The molecule has 3 rings (SSSR count). The summed E-state index contributed by atoms with van der Waals surface area (Å²) in [5, 5.41) is 0. The molecule has 1 aliphatic rings. The second-order valence-electron chi connectivity index (χ2n) is 8.74. The van der Waals surface area contributed by atoms with E-state index in [1.165, 1.54) is 69.1 Å². The van der Waals surface area contributed by atoms with E-state index in [9.17, 15) is 17.6 Å². The van der Waals surface area contributed by atoms with Crippen molar-refractivity contribution in [3.8, 4) is 16.9 Å². The minimum absolute atomic E-state index is 0.0621. The number of allylic oxidation sites excluding steroid dienone is 1. The van der Waals surface area contributed by atoms with Gasteiger partial charge in [0.25, 0.3) is 0 Å². The summed E-state index contributed by atoms with van der Waals surface area (Å²) in [7, 11) is 0. The average Bonchev–Trinajstić information content (AvgIpc) is 2.78. The maximum Gasteiger partial charge on any atom is 0.409 e. The van der Waals surface area contributed by atoms with Crippen LogP contribution in [0.5, 0.6) is 5.75 Å². The molecule has 0 saturated heterocycles. The Kier molecular flexibility index (Phi) is 8.77. The summed E-state index contributed by atoms with van der Waals surface area (Å²) in [5.41, 5.74) is 2.97. The minimum atomic E-state index is -4.40. The summed E-state index contributed by atoms with van der Waals surface area (Å²) in [4.78, 5) is 0. The lowest BCUT2D eigenvalue weighted by molar-refractivity contribution is -0.0801. The van der Waals surface area contributed by atoms with Crippen LogP contribution in [-0.2, 0) is 0 Å². The molecule has 0 radical (unpaired) electrons. The molecule has 0 unspecified atom stereocenters. The number of benzene rings is 2. The molecule has 0 amide bonds. The van der Waals surface area contributed by atoms with E-state index in [1.54, 1.807) is 6.07 Å². The van der Waals surface area contributed by atoms with Gasteiger partial charge in [-0.2, -0.15) is 13.2 Å². The van der Waals surface area contributed by atoms with Crippen molar-refractivity contribution in [1.82, 2.24) is 0 Å². The van der Waals surface area contributed by atoms with Gasteiger partial charge in [0.05, 0.1) is 0 Å². The molecule has 2 aromatic carbocycles. The van der Waals surface area contributed by atoms with Crippen LogP contribution in [0.25, 0.3) is 11.1 Å². The average molecular weight is 449 g/mol. The highest BCUT2D eigenvalue weighted by Crippen LogP contribution is 2.38. The number of halogens is 4. The van der Waals surface area contributed by atoms with Gasteiger partial charge in [0.1, 0.15) is 6.61 Å². The Hall–Kier alpha value is -2.30. The van der Waals surface area contributed by atoms with Gasteiger partial charge in [0.15, 0.2) is 11.6 Å². The van der Waals surface area contributed by atoms with E-state index in [1.807, 2.05) is 12.1 Å². The van der Waals surface area contributed by atoms with Crippen LogP contribution in [0.15, 0.2) is 54.6 Å². The SMILES string of the molecule is CCCCCC1CCC(c2ccc(-c3ccc(OC/C=C/C(F)(F)F)c(F)c3)cc2)CC1. The molecule has 0 spiro atoms. The zero-order valence-electron chi connectivity index (χ0n) is 18.6. The van der Waals surface area contributed by atoms with Gasteiger partial charge >= 0.3 is 6.18 Å². The van der Waals surface area contributed by atoms with E-state index in [0.717, 1.165) is 17.6 Å². The van der Waals surface area contributed by atoms with Crippen molar-refractivity contribution < 1.29 is 22.3 Å². The second kappa shape index (κ2) is 11.5. The van der Waals surface area contributed by atoms with Gasteiger partial charge in [0, 0.05) is 6.08 Å². The molecule has 1 fully saturated rings. The quantitative estimate of drug-likeness (QED) is 0.211. The van der Waals surface area contributed by atoms with Gasteiger partial charge in [-0.3, -0.25) is 0 Å². The molecule has 0 aromatic heterocycles. The Morgan fingerprint density at radius 1 is 0.938 bits per heavy atom. The lowest BCUT2D eigenvalue weighted by atomic mass is 9.77. The van der Waals surface area contributed by atoms with E-state index < -0.39 is 12.0 Å². The summed E-state index contributed by atoms with van der Waals surface area (Å²) < 4.78 is 55.8. The first-order valence-corrected chi connectivity index (χ1v) is 11.6. The van der Waals surface area contributed by atoms with Crippen LogP contribution in [-0.4, -0.2) is 12.8 Å². The zero-order valence-corrected chi connectivity index (χ0v) is 18.6. The number of hydrogen-bond donors (Lipinski definition) is 0. The fourth-order valence-corrected chi connectivity index (χ4v) is 4.53. The summed E-state index contributed by atoms with van der Waals surface area (Å²) in [6.07, 6.45) is 6.93. The van der Waals surface area contributed by atoms with Crippen molar-refractivity contribution in [1.29, 1.82) is 0 Å². The first-order chi connectivity index (χ1) is 15.4. The van der Waals surface area contributed by atoms with E-state index >= 15 is 0 Å². The summed E-state index contributed by atoms with van der Waals surface area (Å²) >= 11 is 0. The molecule has 2 aromatic rings. The Balaban J connectivity index is 1.54. The molecular weight excluding hydrogens is 416 g/mol. The van der Waals surface area contributed by atoms with Crippen LogP contribution in [0, 0.1) is 11.7 Å². The van der Waals surface area contributed by atoms with Crippen molar-refractivity contribution in [2.75, 3.05) is 6.61 Å². The number of rotatable bonds is 9. The fraction of sp³-hybridized carbons (Fsp3) is 0.481. The molecule has 174 valence electrons. The van der Waals surface area contributed by atoms with E-state index in [0.29, 0.717) is 11.5 Å². The third-order valence-corrected chi connectivity index (χ3v) is 6.35. The maximum absolute atomic E-state index is 14.3. The van der Waals surface area contributed by atoms with Gasteiger partial charge in [0.2, 0.25) is 0 Å². The van der Waals surface area contributed by atoms with Crippen LogP contribution in [0.3, 0.4) is 0 Å². The molecule has 0 N–H and O–H groups in total. The number of hydrogen-bond acceptors (Lipinski definition) is 1. The highest BCUT2D eigenvalue weighted by Gasteiger charge is 2.22. The van der Waals surface area contributed by atoms with Crippen LogP contribution in [0.4, 0.5) is 17.6 Å². The van der Waals surface area contributed by atoms with Gasteiger partial charge in [-0.15, -0.1) is 0 Å². The van der Waals surface area contributed by atoms with E-state index in [2.05, 4.69) is 19.1 Å². The van der Waals surface area contributed by atoms with E-state index in [-0.39, 0.29) is 18.4 Å². The number of ether oxygens (including phenoxy) is 1. The highest BCUT2D eigenvalue weighted by molar-refractivity contribution is 5.64. The molecule has 0 bridgehead atoms. The molecule has 1 nitrogen and oxygen atoms in total. The van der Waals surface area contributed by atoms with Gasteiger partial charge in [-0.25, -0.2) is 4.39 Å². The molecule has 1 saturated carbocycles. The monoisotopic (exact) mass is 448 g/mol. The third-order valence-electron chi connectivity index (χ3n) is 6.35. The van der Waals surface area contributed by atoms with Crippen molar-refractivity contribution in [3.63, 3.8) is 0 Å². The van der Waals surface area contributed by atoms with E-state index in [4.69, 9.17) is 4.74 Å². The molecule has 5 heteroatoms. The van der Waals surface area contributed by atoms with Crippen LogP contribution >= 0.6 is 0 Å². The lowest BCUT2D eigenvalue weighted by Crippen LogP contribution is -2.13. The number of alkyl halides is 3. The lowest BCUT2D eigenvalue weighted by Gasteiger charge is -2.29. The van der Waals surface area contributed by atoms with Crippen LogP contribution in [0.2, 0.25) is 0 Å². The molecule has 0 atom stereocenters. The van der Waals surface area contributed by atoms with Gasteiger partial charge in [-0.05, 0) is 72.4 Å². The molecular formula is C27H32F4O. The maximum atomic E-state index is 14.3. The standard InChI is InChI=1S/C27H32F4O/c1-2-3-4-6-20-7-9-21(10-8-20)22-11-13-23(14-12-22)24-15-16-26(25(28)19-24)32-18-5-17-27(29,30)31/h5,11-17,19-21H,2-4,6-10,18H2,1H3/b17-5+. The van der Waals surface area contributed by atoms with Gasteiger partial charge < -0.3 is 4.74 Å². The summed E-state index contributed by atoms with van der Waals surface area (Å²) in [6, 6.07) is 12.9. The Bertz CT molecular complexity index is 862. The molecule has 32 heavy (non-hydrogen) atoms. The van der Waals surface area contributed by atoms with Crippen molar-refractivity contribution in [3.05, 3.63) is 66.0 Å². The van der Waals surface area contributed by atoms with Gasteiger partial charge in [-0.1, -0.05) is 62.9 Å². The minimum Gasteiger partial charge on any atom is -0.486 e. The van der Waals surface area contributed by atoms with Crippen molar-refractivity contribution in [2.45, 2.75) is 70.4 Å². The first kappa shape index (κ1) is 24.3. The zero-order chi connectivity index (χ0) is 23.0.